The minimum Gasteiger partial charge on any atom is -0.307 e. The van der Waals surface area contributed by atoms with Crippen molar-refractivity contribution in [2.45, 2.75) is 13.1 Å². The van der Waals surface area contributed by atoms with E-state index in [0.717, 1.165) is 13.1 Å². The molecule has 15 heavy (non-hydrogen) atoms. The number of hydrogen-bond donors (Lipinski definition) is 1. The zero-order valence-electron chi connectivity index (χ0n) is 7.80. The Morgan fingerprint density at radius 1 is 1.20 bits per heavy atom. The zero-order chi connectivity index (χ0) is 10.7. The smallest absolute Gasteiger partial charge is 0.0327 e. The molecule has 0 radical (unpaired) electrons. The molecule has 0 amide bonds. The lowest BCUT2D eigenvalue weighted by Gasteiger charge is -2.01. The minimum absolute atomic E-state index is 0.924. The summed E-state index contributed by atoms with van der Waals surface area (Å²) in [4.78, 5) is 2.71. The summed E-state index contributed by atoms with van der Waals surface area (Å²) in [6, 6.07) is 4.24. The Labute approximate surface area is 114 Å². The van der Waals surface area contributed by atoms with Gasteiger partial charge in [0, 0.05) is 37.2 Å². The van der Waals surface area contributed by atoms with Crippen LogP contribution in [0.2, 0.25) is 0 Å². The molecule has 0 bridgehead atoms. The molecule has 2 aromatic rings. The summed E-state index contributed by atoms with van der Waals surface area (Å²) >= 11 is 10.5. The number of thiophene rings is 2. The van der Waals surface area contributed by atoms with Gasteiger partial charge >= 0.3 is 0 Å². The van der Waals surface area contributed by atoms with Gasteiger partial charge < -0.3 is 5.32 Å². The van der Waals surface area contributed by atoms with Gasteiger partial charge in [-0.25, -0.2) is 0 Å². The van der Waals surface area contributed by atoms with Crippen molar-refractivity contribution in [3.8, 4) is 0 Å². The first-order valence-electron chi connectivity index (χ1n) is 4.41. The molecule has 2 rings (SSSR count). The van der Waals surface area contributed by atoms with Gasteiger partial charge in [-0.1, -0.05) is 0 Å². The lowest BCUT2D eigenvalue weighted by molar-refractivity contribution is 0.707. The van der Waals surface area contributed by atoms with Gasteiger partial charge in [-0.3, -0.25) is 0 Å². The van der Waals surface area contributed by atoms with Crippen molar-refractivity contribution >= 4 is 54.5 Å². The quantitative estimate of drug-likeness (QED) is 0.832. The van der Waals surface area contributed by atoms with Crippen LogP contribution in [0.25, 0.3) is 0 Å². The number of nitrogens with one attached hydrogen (secondary N) is 1. The molecule has 0 aliphatic heterocycles. The first kappa shape index (κ1) is 11.8. The molecule has 0 spiro atoms. The van der Waals surface area contributed by atoms with Crippen molar-refractivity contribution < 1.29 is 0 Å². The average molecular weight is 367 g/mol. The van der Waals surface area contributed by atoms with E-state index in [0.29, 0.717) is 0 Å². The van der Waals surface area contributed by atoms with Gasteiger partial charge in [0.25, 0.3) is 0 Å². The van der Waals surface area contributed by atoms with Gasteiger partial charge in [0.2, 0.25) is 0 Å². The Morgan fingerprint density at radius 3 is 2.67 bits per heavy atom. The summed E-state index contributed by atoms with van der Waals surface area (Å²) in [5, 5.41) is 7.64. The summed E-state index contributed by atoms with van der Waals surface area (Å²) < 4.78 is 2.37. The van der Waals surface area contributed by atoms with Gasteiger partial charge in [-0.2, -0.15) is 0 Å². The van der Waals surface area contributed by atoms with Gasteiger partial charge in [0.1, 0.15) is 0 Å². The summed E-state index contributed by atoms with van der Waals surface area (Å²) in [6.45, 7) is 1.86. The van der Waals surface area contributed by atoms with E-state index < -0.39 is 0 Å². The molecule has 0 saturated heterocycles. The maximum absolute atomic E-state index is 3.52. The summed E-state index contributed by atoms with van der Waals surface area (Å²) in [6.07, 6.45) is 0. The second-order valence-electron chi connectivity index (χ2n) is 3.03. The van der Waals surface area contributed by atoms with E-state index in [1.165, 1.54) is 18.7 Å². The number of rotatable bonds is 4. The van der Waals surface area contributed by atoms with Crippen molar-refractivity contribution in [3.05, 3.63) is 41.6 Å². The van der Waals surface area contributed by atoms with Crippen molar-refractivity contribution in [1.82, 2.24) is 5.32 Å². The molecule has 0 unspecified atom stereocenters. The third-order valence-corrected chi connectivity index (χ3v) is 5.52. The van der Waals surface area contributed by atoms with Gasteiger partial charge in [0.15, 0.2) is 0 Å². The molecule has 0 aliphatic rings. The first-order chi connectivity index (χ1) is 7.25. The highest BCUT2D eigenvalue weighted by molar-refractivity contribution is 9.10. The summed E-state index contributed by atoms with van der Waals surface area (Å²) in [5.41, 5.74) is 0. The van der Waals surface area contributed by atoms with Crippen LogP contribution in [0.3, 0.4) is 0 Å². The third-order valence-electron chi connectivity index (χ3n) is 1.90. The zero-order valence-corrected chi connectivity index (χ0v) is 12.6. The average Bonchev–Trinajstić information content (AvgIpc) is 2.77. The van der Waals surface area contributed by atoms with Crippen LogP contribution in [-0.4, -0.2) is 0 Å². The van der Waals surface area contributed by atoms with Crippen molar-refractivity contribution in [3.63, 3.8) is 0 Å². The van der Waals surface area contributed by atoms with E-state index in [2.05, 4.69) is 60.1 Å². The molecule has 0 aromatic carbocycles. The van der Waals surface area contributed by atoms with Crippen LogP contribution in [0.4, 0.5) is 0 Å². The predicted molar refractivity (Wildman–Crippen MR) is 74.6 cm³/mol. The van der Waals surface area contributed by atoms with Crippen LogP contribution in [0.1, 0.15) is 9.75 Å². The Kier molecular flexibility index (Phi) is 4.40. The van der Waals surface area contributed by atoms with Crippen molar-refractivity contribution in [2.75, 3.05) is 0 Å². The fraction of sp³-hybridized carbons (Fsp3) is 0.200. The third kappa shape index (κ3) is 3.39. The number of hydrogen-bond acceptors (Lipinski definition) is 3. The predicted octanol–water partition coefficient (Wildman–Crippen LogP) is 4.62. The van der Waals surface area contributed by atoms with Crippen LogP contribution in [0, 0.1) is 0 Å². The normalized spacial score (nSPS) is 10.8. The molecule has 0 aliphatic carbocycles. The monoisotopic (exact) mass is 365 g/mol. The topological polar surface area (TPSA) is 12.0 Å². The second-order valence-corrected chi connectivity index (χ2v) is 6.79. The molecule has 2 aromatic heterocycles. The van der Waals surface area contributed by atoms with Gasteiger partial charge in [-0.15, -0.1) is 22.7 Å². The Balaban J connectivity index is 1.83. The fourth-order valence-electron chi connectivity index (χ4n) is 1.20. The second kappa shape index (κ2) is 5.59. The molecular weight excluding hydrogens is 358 g/mol. The molecular formula is C10H9Br2NS2. The fourth-order valence-corrected chi connectivity index (χ4v) is 4.08. The van der Waals surface area contributed by atoms with E-state index in [4.69, 9.17) is 0 Å². The molecule has 5 heteroatoms. The minimum atomic E-state index is 0.924. The van der Waals surface area contributed by atoms with E-state index in [9.17, 15) is 0 Å². The van der Waals surface area contributed by atoms with Crippen molar-refractivity contribution in [2.24, 2.45) is 0 Å². The molecule has 0 fully saturated rings. The van der Waals surface area contributed by atoms with E-state index in [1.807, 2.05) is 0 Å². The molecule has 80 valence electrons. The molecule has 2 heterocycles. The van der Waals surface area contributed by atoms with Crippen LogP contribution >= 0.6 is 54.5 Å². The van der Waals surface area contributed by atoms with E-state index >= 15 is 0 Å². The lowest BCUT2D eigenvalue weighted by Crippen LogP contribution is -2.10. The SMILES string of the molecule is Brc1csc(CNCc2sccc2Br)c1. The standard InChI is InChI=1S/C10H9Br2NS2/c11-7-3-8(15-6-7)4-13-5-10-9(12)1-2-14-10/h1-3,6,13H,4-5H2. The van der Waals surface area contributed by atoms with Crippen molar-refractivity contribution in [1.29, 1.82) is 0 Å². The lowest BCUT2D eigenvalue weighted by atomic mass is 10.4. The maximum Gasteiger partial charge on any atom is 0.0327 e. The van der Waals surface area contributed by atoms with Crippen LogP contribution < -0.4 is 5.32 Å². The van der Waals surface area contributed by atoms with Crippen LogP contribution in [0.5, 0.6) is 0 Å². The van der Waals surface area contributed by atoms with Gasteiger partial charge in [-0.05, 0) is 49.4 Å². The Morgan fingerprint density at radius 2 is 2.07 bits per heavy atom. The summed E-state index contributed by atoms with van der Waals surface area (Å²) in [5.74, 6) is 0. The summed E-state index contributed by atoms with van der Waals surface area (Å²) in [7, 11) is 0. The van der Waals surface area contributed by atoms with E-state index in [1.54, 1.807) is 22.7 Å². The Hall–Kier alpha value is 0.320. The Bertz CT molecular complexity index is 436. The van der Waals surface area contributed by atoms with E-state index in [-0.39, 0.29) is 0 Å². The van der Waals surface area contributed by atoms with Gasteiger partial charge in [0.05, 0.1) is 0 Å². The van der Waals surface area contributed by atoms with Crippen LogP contribution in [-0.2, 0) is 13.1 Å². The molecule has 1 N–H and O–H groups in total. The van der Waals surface area contributed by atoms with Crippen LogP contribution in [0.15, 0.2) is 31.8 Å². The molecule has 0 saturated carbocycles. The highest BCUT2D eigenvalue weighted by Gasteiger charge is 2.01. The maximum atomic E-state index is 3.52. The number of halogens is 2. The highest BCUT2D eigenvalue weighted by Crippen LogP contribution is 2.23. The largest absolute Gasteiger partial charge is 0.307 e. The molecule has 0 atom stereocenters. The first-order valence-corrected chi connectivity index (χ1v) is 7.76. The highest BCUT2D eigenvalue weighted by atomic mass is 79.9. The molecule has 1 nitrogen and oxygen atoms in total.